The molecule has 1 fully saturated rings. The third-order valence-electron chi connectivity index (χ3n) is 5.10. The van der Waals surface area contributed by atoms with Crippen molar-refractivity contribution in [2.75, 3.05) is 44.3 Å². The summed E-state index contributed by atoms with van der Waals surface area (Å²) in [5.41, 5.74) is 4.11. The van der Waals surface area contributed by atoms with Crippen LogP contribution in [0.1, 0.15) is 16.7 Å². The molecule has 1 amide bonds. The van der Waals surface area contributed by atoms with E-state index < -0.39 is 5.97 Å². The number of ether oxygens (including phenoxy) is 2. The molecule has 6 nitrogen and oxygen atoms in total. The Balaban J connectivity index is 1.42. The second kappa shape index (κ2) is 9.85. The lowest BCUT2D eigenvalue weighted by molar-refractivity contribution is -0.153. The first-order valence-corrected chi connectivity index (χ1v) is 10.4. The fourth-order valence-corrected chi connectivity index (χ4v) is 3.87. The largest absolute Gasteiger partial charge is 0.481 e. The molecule has 1 aliphatic heterocycles. The summed E-state index contributed by atoms with van der Waals surface area (Å²) in [6.07, 6.45) is 0. The SMILES string of the molecule is Cc1cc(C)c(OCC(=O)OCC(=O)N2CCN(c3cccc(Cl)c3)CC2)c(C)c1. The van der Waals surface area contributed by atoms with Crippen LogP contribution in [0.5, 0.6) is 5.75 Å². The zero-order chi connectivity index (χ0) is 21.7. The molecule has 2 aromatic carbocycles. The van der Waals surface area contributed by atoms with Crippen molar-refractivity contribution in [1.29, 1.82) is 0 Å². The van der Waals surface area contributed by atoms with Gasteiger partial charge in [0.1, 0.15) is 5.75 Å². The highest BCUT2D eigenvalue weighted by atomic mass is 35.5. The van der Waals surface area contributed by atoms with Gasteiger partial charge in [-0.15, -0.1) is 0 Å². The summed E-state index contributed by atoms with van der Waals surface area (Å²) in [6, 6.07) is 11.7. The van der Waals surface area contributed by atoms with E-state index in [1.165, 1.54) is 0 Å². The monoisotopic (exact) mass is 430 g/mol. The minimum Gasteiger partial charge on any atom is -0.481 e. The summed E-state index contributed by atoms with van der Waals surface area (Å²) < 4.78 is 10.7. The molecule has 1 heterocycles. The topological polar surface area (TPSA) is 59.1 Å². The molecule has 0 unspecified atom stereocenters. The van der Waals surface area contributed by atoms with Gasteiger partial charge in [-0.25, -0.2) is 4.79 Å². The number of benzene rings is 2. The average molecular weight is 431 g/mol. The Morgan fingerprint density at radius 3 is 2.27 bits per heavy atom. The van der Waals surface area contributed by atoms with E-state index in [1.807, 2.05) is 57.2 Å². The summed E-state index contributed by atoms with van der Waals surface area (Å²) in [6.45, 7) is 7.94. The van der Waals surface area contributed by atoms with Crippen molar-refractivity contribution in [3.05, 3.63) is 58.1 Å². The van der Waals surface area contributed by atoms with Gasteiger partial charge in [0, 0.05) is 36.9 Å². The van der Waals surface area contributed by atoms with E-state index in [2.05, 4.69) is 4.90 Å². The van der Waals surface area contributed by atoms with Crippen molar-refractivity contribution in [2.45, 2.75) is 20.8 Å². The molecule has 0 aliphatic carbocycles. The van der Waals surface area contributed by atoms with Crippen LogP contribution in [0.4, 0.5) is 5.69 Å². The third-order valence-corrected chi connectivity index (χ3v) is 5.34. The molecule has 0 bridgehead atoms. The molecule has 0 aromatic heterocycles. The minimum absolute atomic E-state index is 0.197. The van der Waals surface area contributed by atoms with Gasteiger partial charge in [0.05, 0.1) is 0 Å². The third kappa shape index (κ3) is 5.66. The van der Waals surface area contributed by atoms with Crippen molar-refractivity contribution >= 4 is 29.2 Å². The average Bonchev–Trinajstić information content (AvgIpc) is 2.71. The summed E-state index contributed by atoms with van der Waals surface area (Å²) in [5, 5.41) is 0.691. The molecule has 0 atom stereocenters. The van der Waals surface area contributed by atoms with Gasteiger partial charge >= 0.3 is 5.97 Å². The number of amides is 1. The van der Waals surface area contributed by atoms with Gasteiger partial charge in [0.25, 0.3) is 5.91 Å². The first kappa shape index (κ1) is 22.0. The number of esters is 1. The summed E-state index contributed by atoms with van der Waals surface area (Å²) in [5.74, 6) is -0.0712. The second-order valence-electron chi connectivity index (χ2n) is 7.52. The van der Waals surface area contributed by atoms with E-state index in [0.29, 0.717) is 37.0 Å². The molecule has 30 heavy (non-hydrogen) atoms. The molecule has 0 spiro atoms. The smallest absolute Gasteiger partial charge is 0.344 e. The van der Waals surface area contributed by atoms with Gasteiger partial charge in [0.15, 0.2) is 13.2 Å². The number of halogens is 1. The highest BCUT2D eigenvalue weighted by molar-refractivity contribution is 6.30. The van der Waals surface area contributed by atoms with Crippen LogP contribution in [0.2, 0.25) is 5.02 Å². The van der Waals surface area contributed by atoms with Gasteiger partial charge in [0.2, 0.25) is 0 Å². The number of rotatable bonds is 6. The van der Waals surface area contributed by atoms with Gasteiger partial charge in [-0.2, -0.15) is 0 Å². The zero-order valence-electron chi connectivity index (χ0n) is 17.6. The molecule has 0 N–H and O–H groups in total. The fourth-order valence-electron chi connectivity index (χ4n) is 3.69. The Kier molecular flexibility index (Phi) is 7.21. The van der Waals surface area contributed by atoms with Gasteiger partial charge in [-0.1, -0.05) is 35.4 Å². The molecule has 3 rings (SSSR count). The number of piperazine rings is 1. The number of aryl methyl sites for hydroxylation is 3. The van der Waals surface area contributed by atoms with E-state index in [9.17, 15) is 9.59 Å². The maximum atomic E-state index is 12.4. The quantitative estimate of drug-likeness (QED) is 0.656. The number of hydrogen-bond donors (Lipinski definition) is 0. The molecular formula is C23H27ClN2O4. The molecule has 1 aliphatic rings. The van der Waals surface area contributed by atoms with Crippen LogP contribution in [-0.2, 0) is 14.3 Å². The van der Waals surface area contributed by atoms with E-state index in [0.717, 1.165) is 22.4 Å². The van der Waals surface area contributed by atoms with Gasteiger partial charge in [-0.3, -0.25) is 4.79 Å². The Hall–Kier alpha value is -2.73. The lowest BCUT2D eigenvalue weighted by Crippen LogP contribution is -2.50. The highest BCUT2D eigenvalue weighted by Crippen LogP contribution is 2.24. The standard InChI is InChI=1S/C23H27ClN2O4/c1-16-11-17(2)23(18(3)12-16)30-15-22(28)29-14-21(27)26-9-7-25(8-10-26)20-6-4-5-19(24)13-20/h4-6,11-13H,7-10,14-15H2,1-3H3. The second-order valence-corrected chi connectivity index (χ2v) is 7.96. The number of carbonyl (C=O) groups is 2. The van der Waals surface area contributed by atoms with Crippen LogP contribution in [-0.4, -0.2) is 56.2 Å². The zero-order valence-corrected chi connectivity index (χ0v) is 18.4. The first-order valence-electron chi connectivity index (χ1n) is 9.98. The van der Waals surface area contributed by atoms with E-state index in [-0.39, 0.29) is 19.1 Å². The van der Waals surface area contributed by atoms with Crippen molar-refractivity contribution in [2.24, 2.45) is 0 Å². The lowest BCUT2D eigenvalue weighted by atomic mass is 10.1. The van der Waals surface area contributed by atoms with E-state index in [4.69, 9.17) is 21.1 Å². The maximum Gasteiger partial charge on any atom is 0.344 e. The Bertz CT molecular complexity index is 900. The van der Waals surface area contributed by atoms with Crippen LogP contribution in [0, 0.1) is 20.8 Å². The number of anilines is 1. The fraction of sp³-hybridized carbons (Fsp3) is 0.391. The Morgan fingerprint density at radius 2 is 1.63 bits per heavy atom. The van der Waals surface area contributed by atoms with E-state index in [1.54, 1.807) is 4.90 Å². The van der Waals surface area contributed by atoms with E-state index >= 15 is 0 Å². The lowest BCUT2D eigenvalue weighted by Gasteiger charge is -2.36. The molecule has 0 radical (unpaired) electrons. The molecular weight excluding hydrogens is 404 g/mol. The first-order chi connectivity index (χ1) is 14.3. The highest BCUT2D eigenvalue weighted by Gasteiger charge is 2.22. The van der Waals surface area contributed by atoms with Crippen LogP contribution in [0.15, 0.2) is 36.4 Å². The molecule has 160 valence electrons. The van der Waals surface area contributed by atoms with Crippen LogP contribution < -0.4 is 9.64 Å². The Morgan fingerprint density at radius 1 is 0.967 bits per heavy atom. The van der Waals surface area contributed by atoms with Crippen LogP contribution in [0.25, 0.3) is 0 Å². The summed E-state index contributed by atoms with van der Waals surface area (Å²) in [7, 11) is 0. The number of hydrogen-bond acceptors (Lipinski definition) is 5. The molecule has 1 saturated heterocycles. The number of nitrogens with zero attached hydrogens (tertiary/aromatic N) is 2. The van der Waals surface area contributed by atoms with Gasteiger partial charge in [-0.05, 0) is 50.1 Å². The minimum atomic E-state index is -0.555. The summed E-state index contributed by atoms with van der Waals surface area (Å²) in [4.78, 5) is 28.3. The Labute approximate surface area is 182 Å². The predicted octanol–water partition coefficient (Wildman–Crippen LogP) is 3.54. The van der Waals surface area contributed by atoms with Gasteiger partial charge < -0.3 is 19.3 Å². The molecule has 7 heteroatoms. The van der Waals surface area contributed by atoms with Crippen molar-refractivity contribution in [1.82, 2.24) is 4.90 Å². The molecule has 0 saturated carbocycles. The maximum absolute atomic E-state index is 12.4. The van der Waals surface area contributed by atoms with Crippen molar-refractivity contribution in [3.8, 4) is 5.75 Å². The van der Waals surface area contributed by atoms with Crippen molar-refractivity contribution in [3.63, 3.8) is 0 Å². The normalized spacial score (nSPS) is 13.9. The predicted molar refractivity (Wildman–Crippen MR) is 117 cm³/mol. The van der Waals surface area contributed by atoms with Crippen LogP contribution >= 0.6 is 11.6 Å². The summed E-state index contributed by atoms with van der Waals surface area (Å²) >= 11 is 6.05. The molecule has 2 aromatic rings. The van der Waals surface area contributed by atoms with Crippen molar-refractivity contribution < 1.29 is 19.1 Å². The number of carbonyl (C=O) groups excluding carboxylic acids is 2. The van der Waals surface area contributed by atoms with Crippen LogP contribution in [0.3, 0.4) is 0 Å².